The standard InChI is InChI=1S/C6H7N3O4/c10-4-1-8-2-5(9(11)12)7-6(8)13-3-4/h2,4,10H,1,3H2/t4-/m0/s1/i1D2,3D2,4D. The Bertz CT molecular complexity index is 527. The smallest absolute Gasteiger partial charge is 0.414 e. The van der Waals surface area contributed by atoms with Crippen LogP contribution in [0.25, 0.3) is 0 Å². The Hall–Kier alpha value is -1.63. The number of ether oxygens (including phenoxy) is 1. The summed E-state index contributed by atoms with van der Waals surface area (Å²) in [7, 11) is 0. The van der Waals surface area contributed by atoms with Crippen molar-refractivity contribution in [2.75, 3.05) is 6.56 Å². The van der Waals surface area contributed by atoms with Gasteiger partial charge in [-0.15, -0.1) is 0 Å². The summed E-state index contributed by atoms with van der Waals surface area (Å²) in [5.74, 6) is -0.776. The fourth-order valence-electron chi connectivity index (χ4n) is 0.822. The summed E-state index contributed by atoms with van der Waals surface area (Å²) in [6.45, 7) is -6.09. The fourth-order valence-corrected chi connectivity index (χ4v) is 0.822. The molecule has 0 saturated heterocycles. The summed E-state index contributed by atoms with van der Waals surface area (Å²) >= 11 is 0. The third-order valence-corrected chi connectivity index (χ3v) is 1.31. The Balaban J connectivity index is 2.66. The van der Waals surface area contributed by atoms with Crippen LogP contribution in [0, 0.1) is 10.1 Å². The number of hydrogen-bond donors (Lipinski definition) is 1. The molecule has 0 radical (unpaired) electrons. The first-order valence-electron chi connectivity index (χ1n) is 5.66. The zero-order valence-corrected chi connectivity index (χ0v) is 6.09. The maximum atomic E-state index is 10.5. The van der Waals surface area contributed by atoms with Crippen molar-refractivity contribution < 1.29 is 21.6 Å². The van der Waals surface area contributed by atoms with Crippen molar-refractivity contribution in [1.29, 1.82) is 0 Å². The Kier molecular flexibility index (Phi) is 0.841. The van der Waals surface area contributed by atoms with Crippen molar-refractivity contribution in [1.82, 2.24) is 9.55 Å². The summed E-state index contributed by atoms with van der Waals surface area (Å²) in [5, 5.41) is 20.1. The number of nitrogens with zero attached hydrogens (tertiary/aromatic N) is 3. The van der Waals surface area contributed by atoms with Gasteiger partial charge in [0, 0.05) is 4.98 Å². The normalized spacial score (nSPS) is 39.6. The number of fused-ring (bicyclic) bond motifs is 1. The van der Waals surface area contributed by atoms with E-state index in [0.717, 1.165) is 0 Å². The number of aliphatic hydroxyl groups is 1. The molecule has 0 bridgehead atoms. The molecular weight excluding hydrogens is 178 g/mol. The Morgan fingerprint density at radius 3 is 3.54 bits per heavy atom. The number of imidazole rings is 1. The van der Waals surface area contributed by atoms with Crippen molar-refractivity contribution >= 4 is 5.82 Å². The van der Waals surface area contributed by atoms with Crippen molar-refractivity contribution in [3.8, 4) is 6.01 Å². The van der Waals surface area contributed by atoms with E-state index in [1.807, 2.05) is 0 Å². The predicted molar refractivity (Wildman–Crippen MR) is 40.4 cm³/mol. The fraction of sp³-hybridized carbons (Fsp3) is 0.500. The molecule has 2 rings (SSSR count). The van der Waals surface area contributed by atoms with E-state index in [1.165, 1.54) is 0 Å². The van der Waals surface area contributed by atoms with Crippen LogP contribution in [0.2, 0.25) is 0 Å². The van der Waals surface area contributed by atoms with Crippen LogP contribution in [0.4, 0.5) is 5.82 Å². The lowest BCUT2D eigenvalue weighted by molar-refractivity contribution is -0.389. The molecule has 0 amide bonds. The quantitative estimate of drug-likeness (QED) is 0.478. The molecule has 7 heteroatoms. The lowest BCUT2D eigenvalue weighted by Crippen LogP contribution is -2.29. The van der Waals surface area contributed by atoms with E-state index >= 15 is 0 Å². The maximum absolute atomic E-state index is 10.5. The maximum Gasteiger partial charge on any atom is 0.414 e. The third-order valence-electron chi connectivity index (χ3n) is 1.31. The van der Waals surface area contributed by atoms with Gasteiger partial charge in [0.15, 0.2) is 0 Å². The van der Waals surface area contributed by atoms with E-state index in [4.69, 9.17) is 6.85 Å². The molecule has 7 nitrogen and oxygen atoms in total. The average molecular weight is 190 g/mol. The minimum Gasteiger partial charge on any atom is -0.443 e. The van der Waals surface area contributed by atoms with E-state index in [2.05, 4.69) is 9.72 Å². The van der Waals surface area contributed by atoms with Gasteiger partial charge in [0.05, 0.1) is 13.4 Å². The molecule has 2 heterocycles. The SMILES string of the molecule is [2H]C1([2H])Oc2nc([N+](=O)[O-])cn2C([2H])([2H])[C@]1([2H])O. The highest BCUT2D eigenvalue weighted by Gasteiger charge is 2.26. The molecule has 0 fully saturated rings. The summed E-state index contributed by atoms with van der Waals surface area (Å²) in [4.78, 5) is 12.8. The molecule has 1 atom stereocenters. The molecule has 0 unspecified atom stereocenters. The highest BCUT2D eigenvalue weighted by atomic mass is 16.6. The van der Waals surface area contributed by atoms with Gasteiger partial charge in [0.25, 0.3) is 0 Å². The summed E-state index contributed by atoms with van der Waals surface area (Å²) in [5.41, 5.74) is 0. The van der Waals surface area contributed by atoms with Crippen LogP contribution < -0.4 is 4.74 Å². The second-order valence-electron chi connectivity index (χ2n) is 2.17. The van der Waals surface area contributed by atoms with E-state index in [0.29, 0.717) is 10.8 Å². The van der Waals surface area contributed by atoms with Crippen molar-refractivity contribution in [3.05, 3.63) is 16.3 Å². The van der Waals surface area contributed by atoms with E-state index in [-0.39, 0.29) is 0 Å². The van der Waals surface area contributed by atoms with Crippen LogP contribution in [-0.4, -0.2) is 32.2 Å². The zero-order chi connectivity index (χ0) is 13.9. The molecule has 0 spiro atoms. The van der Waals surface area contributed by atoms with Crippen molar-refractivity contribution in [2.45, 2.75) is 12.6 Å². The molecule has 0 aliphatic carbocycles. The molecule has 1 N–H and O–H groups in total. The molecule has 0 saturated carbocycles. The summed E-state index contributed by atoms with van der Waals surface area (Å²) < 4.78 is 41.9. The van der Waals surface area contributed by atoms with Gasteiger partial charge in [-0.2, -0.15) is 0 Å². The molecular formula is C6H7N3O4. The summed E-state index contributed by atoms with van der Waals surface area (Å²) in [6.07, 6.45) is -2.66. The largest absolute Gasteiger partial charge is 0.443 e. The van der Waals surface area contributed by atoms with Gasteiger partial charge >= 0.3 is 11.8 Å². The third kappa shape index (κ3) is 1.33. The molecule has 70 valence electrons. The van der Waals surface area contributed by atoms with Gasteiger partial charge in [-0.3, -0.25) is 4.57 Å². The highest BCUT2D eigenvalue weighted by molar-refractivity contribution is 5.21. The second-order valence-corrected chi connectivity index (χ2v) is 2.17. The Morgan fingerprint density at radius 2 is 2.85 bits per heavy atom. The number of aromatic nitrogens is 2. The van der Waals surface area contributed by atoms with Gasteiger partial charge in [0.1, 0.15) is 18.8 Å². The van der Waals surface area contributed by atoms with E-state index in [1.54, 1.807) is 0 Å². The first-order valence-corrected chi connectivity index (χ1v) is 3.16. The Morgan fingerprint density at radius 1 is 2.08 bits per heavy atom. The minimum absolute atomic E-state index is 0.416. The van der Waals surface area contributed by atoms with Crippen molar-refractivity contribution in [2.24, 2.45) is 0 Å². The first kappa shape index (κ1) is 4.05. The lowest BCUT2D eigenvalue weighted by atomic mass is 10.3. The number of nitro groups is 1. The molecule has 1 aliphatic heterocycles. The molecule has 1 aliphatic rings. The van der Waals surface area contributed by atoms with Crippen LogP contribution in [0.3, 0.4) is 0 Å². The summed E-state index contributed by atoms with van der Waals surface area (Å²) in [6, 6.07) is -0.714. The lowest BCUT2D eigenvalue weighted by Gasteiger charge is -2.16. The van der Waals surface area contributed by atoms with Crippen LogP contribution >= 0.6 is 0 Å². The van der Waals surface area contributed by atoms with Gasteiger partial charge < -0.3 is 20.0 Å². The van der Waals surface area contributed by atoms with E-state index in [9.17, 15) is 15.2 Å². The molecule has 1 aromatic rings. The average Bonchev–Trinajstić information content (AvgIpc) is 2.59. The zero-order valence-electron chi connectivity index (χ0n) is 11.1. The van der Waals surface area contributed by atoms with Crippen molar-refractivity contribution in [3.63, 3.8) is 0 Å². The first-order chi connectivity index (χ1) is 8.00. The van der Waals surface area contributed by atoms with Crippen LogP contribution in [-0.2, 0) is 6.50 Å². The van der Waals surface area contributed by atoms with Gasteiger partial charge in [-0.25, -0.2) is 0 Å². The predicted octanol–water partition coefficient (Wildman–Crippen LogP) is -0.455. The number of hydrogen-bond acceptors (Lipinski definition) is 5. The van der Waals surface area contributed by atoms with Gasteiger partial charge in [0.2, 0.25) is 0 Å². The number of rotatable bonds is 1. The van der Waals surface area contributed by atoms with E-state index < -0.39 is 35.9 Å². The molecule has 1 aromatic heterocycles. The second kappa shape index (κ2) is 2.70. The van der Waals surface area contributed by atoms with Crippen LogP contribution in [0.15, 0.2) is 6.20 Å². The minimum atomic E-state index is -3.29. The van der Waals surface area contributed by atoms with Gasteiger partial charge in [-0.05, 0) is 4.92 Å². The van der Waals surface area contributed by atoms with Crippen LogP contribution in [0.1, 0.15) is 6.85 Å². The topological polar surface area (TPSA) is 90.4 Å². The van der Waals surface area contributed by atoms with Crippen LogP contribution in [0.5, 0.6) is 6.01 Å². The monoisotopic (exact) mass is 190 g/mol. The highest BCUT2D eigenvalue weighted by Crippen LogP contribution is 2.20. The molecule has 0 aromatic carbocycles. The molecule has 13 heavy (non-hydrogen) atoms. The van der Waals surface area contributed by atoms with Gasteiger partial charge in [-0.1, -0.05) is 0 Å². The Labute approximate surface area is 79.7 Å².